The van der Waals surface area contributed by atoms with Crippen molar-refractivity contribution in [2.75, 3.05) is 37.4 Å². The van der Waals surface area contributed by atoms with E-state index in [1.807, 2.05) is 4.90 Å². The third-order valence-corrected chi connectivity index (χ3v) is 7.54. The lowest BCUT2D eigenvalue weighted by molar-refractivity contribution is 0.0632. The van der Waals surface area contributed by atoms with Gasteiger partial charge < -0.3 is 4.90 Å². The van der Waals surface area contributed by atoms with Crippen molar-refractivity contribution in [1.29, 1.82) is 0 Å². The molecule has 6 nitrogen and oxygen atoms in total. The van der Waals surface area contributed by atoms with Gasteiger partial charge in [0.15, 0.2) is 0 Å². The van der Waals surface area contributed by atoms with Crippen LogP contribution in [0, 0.1) is 5.92 Å². The molecule has 0 bridgehead atoms. The topological polar surface area (TPSA) is 69.7 Å². The molecule has 2 aliphatic rings. The third-order valence-electron chi connectivity index (χ3n) is 5.44. The van der Waals surface area contributed by atoms with Crippen LogP contribution in [0.15, 0.2) is 47.4 Å². The molecule has 0 spiro atoms. The van der Waals surface area contributed by atoms with Gasteiger partial charge in [-0.25, -0.2) is 8.42 Å². The van der Waals surface area contributed by atoms with Crippen LogP contribution < -0.4 is 4.72 Å². The van der Waals surface area contributed by atoms with Crippen LogP contribution >= 0.6 is 23.2 Å². The lowest BCUT2D eigenvalue weighted by atomic mass is 10.1. The molecule has 2 aromatic carbocycles. The molecule has 0 aromatic heterocycles. The van der Waals surface area contributed by atoms with E-state index in [2.05, 4.69) is 9.62 Å². The van der Waals surface area contributed by atoms with Crippen molar-refractivity contribution < 1.29 is 13.2 Å². The van der Waals surface area contributed by atoms with Crippen molar-refractivity contribution in [3.8, 4) is 0 Å². The van der Waals surface area contributed by atoms with Crippen molar-refractivity contribution >= 4 is 44.8 Å². The summed E-state index contributed by atoms with van der Waals surface area (Å²) in [7, 11) is -3.90. The zero-order valence-corrected chi connectivity index (χ0v) is 18.7. The number of carbonyl (C=O) groups is 1. The highest BCUT2D eigenvalue weighted by atomic mass is 35.5. The third kappa shape index (κ3) is 5.09. The second-order valence-corrected chi connectivity index (χ2v) is 10.3. The van der Waals surface area contributed by atoms with Crippen molar-refractivity contribution in [3.05, 3.63) is 58.1 Å². The van der Waals surface area contributed by atoms with Crippen LogP contribution in [0.1, 0.15) is 23.2 Å². The van der Waals surface area contributed by atoms with Gasteiger partial charge in [0.25, 0.3) is 15.9 Å². The first kappa shape index (κ1) is 21.4. The van der Waals surface area contributed by atoms with Crippen molar-refractivity contribution in [1.82, 2.24) is 9.80 Å². The molecule has 1 aliphatic carbocycles. The number of hydrogen-bond donors (Lipinski definition) is 1. The molecule has 1 aliphatic heterocycles. The molecule has 2 aromatic rings. The quantitative estimate of drug-likeness (QED) is 0.697. The summed E-state index contributed by atoms with van der Waals surface area (Å²) in [5, 5.41) is 0.359. The van der Waals surface area contributed by atoms with Gasteiger partial charge in [0.05, 0.1) is 5.02 Å². The minimum atomic E-state index is -3.90. The lowest BCUT2D eigenvalue weighted by Gasteiger charge is -2.34. The number of hydrogen-bond acceptors (Lipinski definition) is 4. The Hall–Kier alpha value is -1.80. The minimum Gasteiger partial charge on any atom is -0.336 e. The Morgan fingerprint density at radius 2 is 1.67 bits per heavy atom. The first-order chi connectivity index (χ1) is 14.3. The lowest BCUT2D eigenvalue weighted by Crippen LogP contribution is -2.49. The molecule has 4 rings (SSSR count). The zero-order valence-electron chi connectivity index (χ0n) is 16.4. The van der Waals surface area contributed by atoms with Gasteiger partial charge in [-0.3, -0.25) is 14.4 Å². The van der Waals surface area contributed by atoms with Crippen LogP contribution in [0.3, 0.4) is 0 Å². The van der Waals surface area contributed by atoms with Crippen LogP contribution in [-0.4, -0.2) is 56.8 Å². The Labute approximate surface area is 186 Å². The molecule has 0 atom stereocenters. The summed E-state index contributed by atoms with van der Waals surface area (Å²) in [6.45, 7) is 4.38. The summed E-state index contributed by atoms with van der Waals surface area (Å²) in [6.07, 6.45) is 2.66. The van der Waals surface area contributed by atoms with Gasteiger partial charge in [-0.05, 0) is 61.2 Å². The van der Waals surface area contributed by atoms with Crippen LogP contribution in [0.25, 0.3) is 0 Å². The van der Waals surface area contributed by atoms with Gasteiger partial charge >= 0.3 is 0 Å². The number of nitrogens with one attached hydrogen (secondary N) is 1. The number of rotatable bonds is 6. The smallest absolute Gasteiger partial charge is 0.263 e. The molecule has 9 heteroatoms. The van der Waals surface area contributed by atoms with Crippen LogP contribution in [0.4, 0.5) is 5.69 Å². The summed E-state index contributed by atoms with van der Waals surface area (Å²) < 4.78 is 27.7. The molecule has 1 heterocycles. The Kier molecular flexibility index (Phi) is 6.25. The molecular weight excluding hydrogens is 445 g/mol. The SMILES string of the molecule is O=C(c1ccc(NS(=O)(=O)c2cc(Cl)ccc2Cl)cc1)N1CCN(CC2CC2)CC1. The summed E-state index contributed by atoms with van der Waals surface area (Å²) >= 11 is 11.9. The summed E-state index contributed by atoms with van der Waals surface area (Å²) in [4.78, 5) is 17.0. The number of carbonyl (C=O) groups excluding carboxylic acids is 1. The molecular formula is C21H23Cl2N3O3S. The summed E-state index contributed by atoms with van der Waals surface area (Å²) in [5.41, 5.74) is 0.881. The van der Waals surface area contributed by atoms with Crippen LogP contribution in [-0.2, 0) is 10.0 Å². The van der Waals surface area contributed by atoms with Gasteiger partial charge in [-0.1, -0.05) is 23.2 Å². The minimum absolute atomic E-state index is 0.0339. The molecule has 2 fully saturated rings. The van der Waals surface area contributed by atoms with E-state index in [4.69, 9.17) is 23.2 Å². The molecule has 0 radical (unpaired) electrons. The molecule has 30 heavy (non-hydrogen) atoms. The predicted molar refractivity (Wildman–Crippen MR) is 119 cm³/mol. The van der Waals surface area contributed by atoms with E-state index in [1.165, 1.54) is 31.0 Å². The largest absolute Gasteiger partial charge is 0.336 e. The zero-order chi connectivity index (χ0) is 21.3. The normalized spacial score (nSPS) is 17.7. The fourth-order valence-corrected chi connectivity index (χ4v) is 5.38. The van der Waals surface area contributed by atoms with E-state index < -0.39 is 10.0 Å². The first-order valence-electron chi connectivity index (χ1n) is 9.91. The van der Waals surface area contributed by atoms with Crippen molar-refractivity contribution in [3.63, 3.8) is 0 Å². The fraction of sp³-hybridized carbons (Fsp3) is 0.381. The highest BCUT2D eigenvalue weighted by Crippen LogP contribution is 2.30. The number of anilines is 1. The van der Waals surface area contributed by atoms with E-state index in [0.717, 1.165) is 25.6 Å². The van der Waals surface area contributed by atoms with E-state index >= 15 is 0 Å². The van der Waals surface area contributed by atoms with Crippen molar-refractivity contribution in [2.24, 2.45) is 5.92 Å². The Balaban J connectivity index is 1.39. The number of benzene rings is 2. The molecule has 1 saturated heterocycles. The van der Waals surface area contributed by atoms with E-state index in [0.29, 0.717) is 24.3 Å². The second kappa shape index (κ2) is 8.75. The number of amides is 1. The summed E-state index contributed by atoms with van der Waals surface area (Å²) in [5.74, 6) is 0.818. The van der Waals surface area contributed by atoms with Gasteiger partial charge in [0.1, 0.15) is 4.90 Å². The van der Waals surface area contributed by atoms with E-state index in [9.17, 15) is 13.2 Å². The number of nitrogens with zero attached hydrogens (tertiary/aromatic N) is 2. The highest BCUT2D eigenvalue weighted by molar-refractivity contribution is 7.92. The number of piperazine rings is 1. The second-order valence-electron chi connectivity index (χ2n) is 7.79. The Bertz CT molecular complexity index is 1030. The first-order valence-corrected chi connectivity index (χ1v) is 12.2. The Morgan fingerprint density at radius 3 is 2.30 bits per heavy atom. The number of halogens is 2. The molecule has 160 valence electrons. The molecule has 1 saturated carbocycles. The molecule has 1 amide bonds. The predicted octanol–water partition coefficient (Wildman–Crippen LogP) is 3.96. The maximum absolute atomic E-state index is 12.8. The maximum Gasteiger partial charge on any atom is 0.263 e. The van der Waals surface area contributed by atoms with E-state index in [-0.39, 0.29) is 20.8 Å². The fourth-order valence-electron chi connectivity index (χ4n) is 3.56. The average molecular weight is 468 g/mol. The molecule has 1 N–H and O–H groups in total. The van der Waals surface area contributed by atoms with Crippen LogP contribution in [0.5, 0.6) is 0 Å². The highest BCUT2D eigenvalue weighted by Gasteiger charge is 2.28. The monoisotopic (exact) mass is 467 g/mol. The van der Waals surface area contributed by atoms with Gasteiger partial charge in [-0.2, -0.15) is 0 Å². The standard InChI is InChI=1S/C21H23Cl2N3O3S/c22-17-5-8-19(23)20(13-17)30(28,29)24-18-6-3-16(4-7-18)21(27)26-11-9-25(10-12-26)14-15-1-2-15/h3-8,13,15,24H,1-2,9-12,14H2. The van der Waals surface area contributed by atoms with Gasteiger partial charge in [0, 0.05) is 49.0 Å². The van der Waals surface area contributed by atoms with Crippen molar-refractivity contribution in [2.45, 2.75) is 17.7 Å². The average Bonchev–Trinajstić information content (AvgIpc) is 3.54. The number of sulfonamides is 1. The molecule has 0 unspecified atom stereocenters. The van der Waals surface area contributed by atoms with Gasteiger partial charge in [-0.15, -0.1) is 0 Å². The Morgan fingerprint density at radius 1 is 1.00 bits per heavy atom. The van der Waals surface area contributed by atoms with Crippen LogP contribution in [0.2, 0.25) is 10.0 Å². The van der Waals surface area contributed by atoms with E-state index in [1.54, 1.807) is 24.3 Å². The summed E-state index contributed by atoms with van der Waals surface area (Å²) in [6, 6.07) is 10.7. The maximum atomic E-state index is 12.8. The van der Waals surface area contributed by atoms with Gasteiger partial charge in [0.2, 0.25) is 0 Å².